The normalized spacial score (nSPS) is 25.6. The molecule has 1 heterocycles. The molecule has 1 unspecified atom stereocenters. The number of nitrogens with zero attached hydrogens (tertiary/aromatic N) is 2. The molecular formula is C7H6AgN2. The largest absolute Gasteiger partial charge is 0.260 e. The summed E-state index contributed by atoms with van der Waals surface area (Å²) in [6.07, 6.45) is 9.59. The van der Waals surface area contributed by atoms with Crippen LogP contribution in [0, 0.1) is 0 Å². The van der Waals surface area contributed by atoms with Crippen molar-refractivity contribution in [1.82, 2.24) is 0 Å². The van der Waals surface area contributed by atoms with Crippen LogP contribution in [0.1, 0.15) is 0 Å². The molecule has 0 aromatic heterocycles. The van der Waals surface area contributed by atoms with Crippen LogP contribution in [0.2, 0.25) is 0 Å². The van der Waals surface area contributed by atoms with E-state index in [9.17, 15) is 0 Å². The molecule has 0 saturated carbocycles. The average Bonchev–Trinajstić information content (AvgIpc) is 2.33. The van der Waals surface area contributed by atoms with Crippen LogP contribution in [0.3, 0.4) is 0 Å². The van der Waals surface area contributed by atoms with Gasteiger partial charge in [-0.25, -0.2) is 4.99 Å². The molecule has 10 heavy (non-hydrogen) atoms. The Hall–Kier alpha value is -0.440. The molecule has 0 N–H and O–H groups in total. The standard InChI is InChI=1S/C7H6N2.Ag/c1-2-4-7-6(3-1)8-5-9-7;/h1-6H;. The summed E-state index contributed by atoms with van der Waals surface area (Å²) in [4.78, 5) is 8.14. The van der Waals surface area contributed by atoms with Crippen molar-refractivity contribution in [3.63, 3.8) is 0 Å². The molecule has 2 aliphatic rings. The Morgan fingerprint density at radius 2 is 2.20 bits per heavy atom. The van der Waals surface area contributed by atoms with E-state index in [-0.39, 0.29) is 28.4 Å². The van der Waals surface area contributed by atoms with Gasteiger partial charge in [-0.3, -0.25) is 4.99 Å². The quantitative estimate of drug-likeness (QED) is 0.549. The van der Waals surface area contributed by atoms with Crippen molar-refractivity contribution in [2.75, 3.05) is 0 Å². The van der Waals surface area contributed by atoms with Crippen LogP contribution in [-0.2, 0) is 22.4 Å². The summed E-state index contributed by atoms with van der Waals surface area (Å²) >= 11 is 0. The van der Waals surface area contributed by atoms with Crippen molar-refractivity contribution in [2.45, 2.75) is 6.04 Å². The van der Waals surface area contributed by atoms with Gasteiger partial charge in [0.05, 0.1) is 5.71 Å². The van der Waals surface area contributed by atoms with Crippen LogP contribution >= 0.6 is 0 Å². The van der Waals surface area contributed by atoms with Crippen LogP contribution in [0.25, 0.3) is 0 Å². The molecule has 0 aromatic carbocycles. The number of rotatable bonds is 0. The molecule has 1 atom stereocenters. The van der Waals surface area contributed by atoms with Gasteiger partial charge in [-0.15, -0.1) is 0 Å². The van der Waals surface area contributed by atoms with E-state index in [1.54, 1.807) is 6.34 Å². The van der Waals surface area contributed by atoms with Crippen LogP contribution in [-0.4, -0.2) is 18.1 Å². The summed E-state index contributed by atoms with van der Waals surface area (Å²) in [6.45, 7) is 0. The van der Waals surface area contributed by atoms with Gasteiger partial charge in [0.15, 0.2) is 0 Å². The number of hydrogen-bond donors (Lipinski definition) is 0. The molecule has 0 fully saturated rings. The molecule has 3 heteroatoms. The van der Waals surface area contributed by atoms with Crippen LogP contribution < -0.4 is 0 Å². The predicted octanol–water partition coefficient (Wildman–Crippen LogP) is 0.961. The SMILES string of the molecule is C1=CC2=NC=NC2C=C1.[Ag]. The topological polar surface area (TPSA) is 24.7 Å². The van der Waals surface area contributed by atoms with E-state index in [0.717, 1.165) is 5.71 Å². The molecule has 0 saturated heterocycles. The Balaban J connectivity index is 0.000000500. The minimum absolute atomic E-state index is 0. The van der Waals surface area contributed by atoms with Gasteiger partial charge in [0.25, 0.3) is 0 Å². The molecule has 0 amide bonds. The zero-order chi connectivity index (χ0) is 6.10. The molecule has 2 nitrogen and oxygen atoms in total. The summed E-state index contributed by atoms with van der Waals surface area (Å²) in [5.74, 6) is 0. The van der Waals surface area contributed by atoms with E-state index in [0.29, 0.717) is 0 Å². The molecular weight excluding hydrogens is 220 g/mol. The first-order valence-corrected chi connectivity index (χ1v) is 2.91. The minimum atomic E-state index is 0. The fourth-order valence-corrected chi connectivity index (χ4v) is 0.938. The molecule has 1 aliphatic heterocycles. The van der Waals surface area contributed by atoms with Crippen molar-refractivity contribution in [3.8, 4) is 0 Å². The maximum atomic E-state index is 4.09. The zero-order valence-electron chi connectivity index (χ0n) is 5.16. The second kappa shape index (κ2) is 3.10. The van der Waals surface area contributed by atoms with Crippen molar-refractivity contribution in [3.05, 3.63) is 24.3 Å². The van der Waals surface area contributed by atoms with E-state index in [1.807, 2.05) is 24.3 Å². The van der Waals surface area contributed by atoms with Gasteiger partial charge < -0.3 is 0 Å². The Labute approximate surface area is 75.0 Å². The number of fused-ring (bicyclic) bond motifs is 1. The zero-order valence-corrected chi connectivity index (χ0v) is 6.64. The van der Waals surface area contributed by atoms with Crippen molar-refractivity contribution in [2.24, 2.45) is 9.98 Å². The first-order valence-electron chi connectivity index (χ1n) is 2.91. The van der Waals surface area contributed by atoms with Crippen molar-refractivity contribution >= 4 is 12.1 Å². The molecule has 0 aromatic rings. The van der Waals surface area contributed by atoms with Crippen molar-refractivity contribution in [1.29, 1.82) is 0 Å². The Kier molecular flexibility index (Phi) is 2.38. The van der Waals surface area contributed by atoms with Gasteiger partial charge in [0.2, 0.25) is 0 Å². The molecule has 1 radical (unpaired) electrons. The van der Waals surface area contributed by atoms with Gasteiger partial charge >= 0.3 is 0 Å². The third-order valence-electron chi connectivity index (χ3n) is 1.41. The first kappa shape index (κ1) is 7.66. The van der Waals surface area contributed by atoms with Gasteiger partial charge in [0, 0.05) is 22.4 Å². The van der Waals surface area contributed by atoms with Gasteiger partial charge in [-0.1, -0.05) is 18.2 Å². The van der Waals surface area contributed by atoms with E-state index in [4.69, 9.17) is 0 Å². The smallest absolute Gasteiger partial charge is 0.112 e. The summed E-state index contributed by atoms with van der Waals surface area (Å²) in [5.41, 5.74) is 1.05. The van der Waals surface area contributed by atoms with E-state index >= 15 is 0 Å². The number of allylic oxidation sites excluding steroid dienone is 2. The summed E-state index contributed by atoms with van der Waals surface area (Å²) in [5, 5.41) is 0. The van der Waals surface area contributed by atoms with Crippen molar-refractivity contribution < 1.29 is 22.4 Å². The number of aliphatic imine (C=N–C) groups is 2. The van der Waals surface area contributed by atoms with Crippen LogP contribution in [0.4, 0.5) is 0 Å². The van der Waals surface area contributed by atoms with E-state index in [2.05, 4.69) is 9.98 Å². The summed E-state index contributed by atoms with van der Waals surface area (Å²) < 4.78 is 0. The minimum Gasteiger partial charge on any atom is -0.260 e. The fraction of sp³-hybridized carbons (Fsp3) is 0.143. The second-order valence-electron chi connectivity index (χ2n) is 2.01. The maximum Gasteiger partial charge on any atom is 0.112 e. The summed E-state index contributed by atoms with van der Waals surface area (Å²) in [7, 11) is 0. The van der Waals surface area contributed by atoms with Gasteiger partial charge in [-0.05, 0) is 6.08 Å². The second-order valence-corrected chi connectivity index (χ2v) is 2.01. The molecule has 0 bridgehead atoms. The van der Waals surface area contributed by atoms with E-state index in [1.165, 1.54) is 0 Å². The first-order chi connectivity index (χ1) is 4.47. The number of hydrogen-bond acceptors (Lipinski definition) is 2. The monoisotopic (exact) mass is 225 g/mol. The summed E-state index contributed by atoms with van der Waals surface area (Å²) in [6, 6.07) is 0.218. The van der Waals surface area contributed by atoms with Gasteiger partial charge in [-0.2, -0.15) is 0 Å². The van der Waals surface area contributed by atoms with Crippen LogP contribution in [0.15, 0.2) is 34.3 Å². The van der Waals surface area contributed by atoms with Gasteiger partial charge in [0.1, 0.15) is 12.4 Å². The Bertz CT molecular complexity index is 238. The Morgan fingerprint density at radius 3 is 3.00 bits per heavy atom. The third kappa shape index (κ3) is 1.19. The predicted molar refractivity (Wildman–Crippen MR) is 38.0 cm³/mol. The molecule has 0 spiro atoms. The van der Waals surface area contributed by atoms with E-state index < -0.39 is 0 Å². The maximum absolute atomic E-state index is 4.09. The average molecular weight is 226 g/mol. The molecule has 1 aliphatic carbocycles. The fourth-order valence-electron chi connectivity index (χ4n) is 0.938. The molecule has 55 valence electrons. The molecule has 2 rings (SSSR count). The van der Waals surface area contributed by atoms with Crippen LogP contribution in [0.5, 0.6) is 0 Å². The third-order valence-corrected chi connectivity index (χ3v) is 1.41. The Morgan fingerprint density at radius 1 is 1.30 bits per heavy atom.